The van der Waals surface area contributed by atoms with E-state index >= 15 is 0 Å². The Morgan fingerprint density at radius 3 is 2.80 bits per heavy atom. The Morgan fingerprint density at radius 1 is 1.53 bits per heavy atom. The lowest BCUT2D eigenvalue weighted by molar-refractivity contribution is -0.131. The van der Waals surface area contributed by atoms with Crippen molar-refractivity contribution >= 4 is 21.7 Å². The molecule has 0 aromatic carbocycles. The van der Waals surface area contributed by atoms with Gasteiger partial charge in [-0.2, -0.15) is 13.2 Å². The van der Waals surface area contributed by atoms with Gasteiger partial charge < -0.3 is 10.3 Å². The van der Waals surface area contributed by atoms with Gasteiger partial charge in [0.15, 0.2) is 0 Å². The van der Waals surface area contributed by atoms with Gasteiger partial charge in [0, 0.05) is 6.54 Å². The standard InChI is InChI=1S/C7H7BrF3N3O/c8-4-5(13-3-14-6(4)15)12-2-1-7(9,10)11/h3H,1-2H2,(H2,12,13,14,15). The van der Waals surface area contributed by atoms with Gasteiger partial charge in [-0.3, -0.25) is 4.79 Å². The molecule has 8 heteroatoms. The van der Waals surface area contributed by atoms with Crippen molar-refractivity contribution < 1.29 is 13.2 Å². The quantitative estimate of drug-likeness (QED) is 0.892. The largest absolute Gasteiger partial charge is 0.390 e. The summed E-state index contributed by atoms with van der Waals surface area (Å²) in [6.45, 7) is -0.321. The summed E-state index contributed by atoms with van der Waals surface area (Å²) >= 11 is 2.91. The molecule has 0 spiro atoms. The Kier molecular flexibility index (Phi) is 3.72. The summed E-state index contributed by atoms with van der Waals surface area (Å²) in [5.41, 5.74) is -0.445. The van der Waals surface area contributed by atoms with Gasteiger partial charge in [-0.1, -0.05) is 0 Å². The van der Waals surface area contributed by atoms with Crippen molar-refractivity contribution in [3.8, 4) is 0 Å². The number of aromatic amines is 1. The molecule has 15 heavy (non-hydrogen) atoms. The second-order valence-corrected chi connectivity index (χ2v) is 3.48. The number of anilines is 1. The van der Waals surface area contributed by atoms with E-state index in [2.05, 4.69) is 31.2 Å². The molecule has 0 atom stereocenters. The lowest BCUT2D eigenvalue weighted by Crippen LogP contribution is -2.17. The molecule has 0 unspecified atom stereocenters. The van der Waals surface area contributed by atoms with Crippen LogP contribution in [0.5, 0.6) is 0 Å². The lowest BCUT2D eigenvalue weighted by Gasteiger charge is -2.08. The third-order valence-corrected chi connectivity index (χ3v) is 2.23. The van der Waals surface area contributed by atoms with Crippen LogP contribution in [0.15, 0.2) is 15.6 Å². The van der Waals surface area contributed by atoms with Gasteiger partial charge in [-0.15, -0.1) is 0 Å². The number of hydrogen-bond donors (Lipinski definition) is 2. The fraction of sp³-hybridized carbons (Fsp3) is 0.429. The van der Waals surface area contributed by atoms with Gasteiger partial charge in [-0.05, 0) is 15.9 Å². The third-order valence-electron chi connectivity index (χ3n) is 1.50. The van der Waals surface area contributed by atoms with E-state index < -0.39 is 18.2 Å². The summed E-state index contributed by atoms with van der Waals surface area (Å²) in [4.78, 5) is 16.9. The average Bonchev–Trinajstić information content (AvgIpc) is 2.10. The molecule has 0 saturated heterocycles. The highest BCUT2D eigenvalue weighted by atomic mass is 79.9. The van der Waals surface area contributed by atoms with E-state index in [0.29, 0.717) is 0 Å². The van der Waals surface area contributed by atoms with Crippen LogP contribution in [0, 0.1) is 0 Å². The number of hydrogen-bond acceptors (Lipinski definition) is 3. The predicted molar refractivity (Wildman–Crippen MR) is 51.7 cm³/mol. The van der Waals surface area contributed by atoms with Crippen molar-refractivity contribution in [1.82, 2.24) is 9.97 Å². The van der Waals surface area contributed by atoms with Crippen LogP contribution >= 0.6 is 15.9 Å². The first-order valence-corrected chi connectivity index (χ1v) is 4.73. The first-order chi connectivity index (χ1) is 6.90. The fourth-order valence-corrected chi connectivity index (χ4v) is 1.19. The Hall–Kier alpha value is -1.05. The van der Waals surface area contributed by atoms with E-state index in [1.807, 2.05) is 0 Å². The maximum absolute atomic E-state index is 11.8. The minimum Gasteiger partial charge on any atom is -0.369 e. The van der Waals surface area contributed by atoms with Gasteiger partial charge in [-0.25, -0.2) is 4.98 Å². The molecule has 0 aliphatic rings. The van der Waals surface area contributed by atoms with Gasteiger partial charge in [0.25, 0.3) is 5.56 Å². The first kappa shape index (κ1) is 12.0. The Labute approximate surface area is 91.0 Å². The summed E-state index contributed by atoms with van der Waals surface area (Å²) < 4.78 is 35.5. The molecule has 2 N–H and O–H groups in total. The van der Waals surface area contributed by atoms with Crippen LogP contribution < -0.4 is 10.9 Å². The SMILES string of the molecule is O=c1[nH]cnc(NCCC(F)(F)F)c1Br. The van der Waals surface area contributed by atoms with Crippen LogP contribution in [0.3, 0.4) is 0 Å². The molecular weight excluding hydrogens is 279 g/mol. The van der Waals surface area contributed by atoms with Crippen molar-refractivity contribution in [2.75, 3.05) is 11.9 Å². The van der Waals surface area contributed by atoms with Crippen LogP contribution in [0.1, 0.15) is 6.42 Å². The van der Waals surface area contributed by atoms with Crippen molar-refractivity contribution in [3.05, 3.63) is 21.2 Å². The van der Waals surface area contributed by atoms with Crippen LogP contribution in [0.2, 0.25) is 0 Å². The zero-order chi connectivity index (χ0) is 11.5. The van der Waals surface area contributed by atoms with Crippen LogP contribution in [-0.4, -0.2) is 22.7 Å². The molecule has 0 aliphatic heterocycles. The van der Waals surface area contributed by atoms with Gasteiger partial charge in [0.05, 0.1) is 12.7 Å². The molecule has 1 aromatic rings. The van der Waals surface area contributed by atoms with E-state index in [9.17, 15) is 18.0 Å². The summed E-state index contributed by atoms with van der Waals surface area (Å²) in [6, 6.07) is 0. The van der Waals surface area contributed by atoms with Crippen molar-refractivity contribution in [1.29, 1.82) is 0 Å². The fourth-order valence-electron chi connectivity index (χ4n) is 0.829. The summed E-state index contributed by atoms with van der Waals surface area (Å²) in [6.07, 6.45) is -4.09. The van der Waals surface area contributed by atoms with Gasteiger partial charge in [0.2, 0.25) is 0 Å². The molecule has 1 aromatic heterocycles. The smallest absolute Gasteiger partial charge is 0.369 e. The van der Waals surface area contributed by atoms with Crippen molar-refractivity contribution in [3.63, 3.8) is 0 Å². The topological polar surface area (TPSA) is 57.8 Å². The molecule has 1 heterocycles. The van der Waals surface area contributed by atoms with E-state index in [1.165, 1.54) is 0 Å². The van der Waals surface area contributed by atoms with E-state index in [4.69, 9.17) is 0 Å². The zero-order valence-corrected chi connectivity index (χ0v) is 8.94. The Bertz CT molecular complexity index is 390. The second-order valence-electron chi connectivity index (χ2n) is 2.69. The number of halogens is 4. The number of aromatic nitrogens is 2. The highest BCUT2D eigenvalue weighted by molar-refractivity contribution is 9.10. The molecule has 0 bridgehead atoms. The minimum atomic E-state index is -4.22. The number of H-pyrrole nitrogens is 1. The molecule has 0 radical (unpaired) electrons. The predicted octanol–water partition coefficient (Wildman–Crippen LogP) is 1.90. The highest BCUT2D eigenvalue weighted by Gasteiger charge is 2.26. The monoisotopic (exact) mass is 285 g/mol. The third kappa shape index (κ3) is 3.90. The second kappa shape index (κ2) is 4.65. The van der Waals surface area contributed by atoms with Crippen LogP contribution in [0.4, 0.5) is 19.0 Å². The molecule has 0 amide bonds. The molecule has 1 rings (SSSR count). The van der Waals surface area contributed by atoms with Crippen molar-refractivity contribution in [2.24, 2.45) is 0 Å². The molecule has 84 valence electrons. The van der Waals surface area contributed by atoms with E-state index in [0.717, 1.165) is 6.33 Å². The highest BCUT2D eigenvalue weighted by Crippen LogP contribution is 2.20. The molecule has 0 aliphatic carbocycles. The average molecular weight is 286 g/mol. The number of alkyl halides is 3. The minimum absolute atomic E-state index is 0.0900. The maximum Gasteiger partial charge on any atom is 0.390 e. The maximum atomic E-state index is 11.8. The Balaban J connectivity index is 2.59. The van der Waals surface area contributed by atoms with Crippen LogP contribution in [-0.2, 0) is 0 Å². The molecule has 0 saturated carbocycles. The lowest BCUT2D eigenvalue weighted by atomic mass is 10.4. The normalized spacial score (nSPS) is 11.5. The molecular formula is C7H7BrF3N3O. The van der Waals surface area contributed by atoms with Gasteiger partial charge in [0.1, 0.15) is 10.3 Å². The van der Waals surface area contributed by atoms with E-state index in [-0.39, 0.29) is 16.8 Å². The zero-order valence-electron chi connectivity index (χ0n) is 7.36. The molecule has 0 fully saturated rings. The summed E-state index contributed by atoms with van der Waals surface area (Å²) in [7, 11) is 0. The number of rotatable bonds is 3. The molecule has 4 nitrogen and oxygen atoms in total. The number of nitrogens with zero attached hydrogens (tertiary/aromatic N) is 1. The Morgan fingerprint density at radius 2 is 2.20 bits per heavy atom. The summed E-state index contributed by atoms with van der Waals surface area (Å²) in [5.74, 6) is 0.100. The van der Waals surface area contributed by atoms with Gasteiger partial charge >= 0.3 is 6.18 Å². The first-order valence-electron chi connectivity index (χ1n) is 3.94. The van der Waals surface area contributed by atoms with E-state index in [1.54, 1.807) is 0 Å². The summed E-state index contributed by atoms with van der Waals surface area (Å²) in [5, 5.41) is 2.41. The van der Waals surface area contributed by atoms with Crippen LogP contribution in [0.25, 0.3) is 0 Å². The number of nitrogens with one attached hydrogen (secondary N) is 2. The van der Waals surface area contributed by atoms with Crippen molar-refractivity contribution in [2.45, 2.75) is 12.6 Å².